The number of hydrogen-bond acceptors (Lipinski definition) is 2. The van der Waals surface area contributed by atoms with E-state index in [9.17, 15) is 5.11 Å². The maximum absolute atomic E-state index is 9.94. The summed E-state index contributed by atoms with van der Waals surface area (Å²) < 4.78 is 0. The quantitative estimate of drug-likeness (QED) is 0.748. The van der Waals surface area contributed by atoms with Gasteiger partial charge in [-0.25, -0.2) is 0 Å². The first-order valence-corrected chi connectivity index (χ1v) is 6.10. The Bertz CT molecular complexity index is 187. The zero-order chi connectivity index (χ0) is 10.0. The average Bonchev–Trinajstić information content (AvgIpc) is 2.90. The highest BCUT2D eigenvalue weighted by atomic mass is 16.3. The molecule has 1 atom stereocenters. The molecule has 1 saturated heterocycles. The Morgan fingerprint density at radius 1 is 1.29 bits per heavy atom. The molecular weight excluding hydrogens is 174 g/mol. The lowest BCUT2D eigenvalue weighted by molar-refractivity contribution is 0.0446. The fourth-order valence-corrected chi connectivity index (χ4v) is 2.31. The topological polar surface area (TPSA) is 23.5 Å². The van der Waals surface area contributed by atoms with E-state index in [-0.39, 0.29) is 0 Å². The molecule has 2 fully saturated rings. The van der Waals surface area contributed by atoms with Gasteiger partial charge in [0, 0.05) is 6.54 Å². The summed E-state index contributed by atoms with van der Waals surface area (Å²) in [6.07, 6.45) is 7.42. The number of aliphatic hydroxyl groups is 1. The van der Waals surface area contributed by atoms with Crippen molar-refractivity contribution in [2.45, 2.75) is 51.0 Å². The minimum Gasteiger partial charge on any atom is -0.390 e. The van der Waals surface area contributed by atoms with E-state index >= 15 is 0 Å². The van der Waals surface area contributed by atoms with Crippen LogP contribution in [0.2, 0.25) is 0 Å². The zero-order valence-corrected chi connectivity index (χ0v) is 9.34. The molecular formula is C12H23NO. The summed E-state index contributed by atoms with van der Waals surface area (Å²) in [5.41, 5.74) is -0.395. The molecule has 1 saturated carbocycles. The van der Waals surface area contributed by atoms with E-state index in [0.29, 0.717) is 0 Å². The van der Waals surface area contributed by atoms with Crippen molar-refractivity contribution >= 4 is 0 Å². The number of likely N-dealkylation sites (tertiary alicyclic amines) is 1. The molecule has 0 spiro atoms. The maximum Gasteiger partial charge on any atom is 0.0632 e. The summed E-state index contributed by atoms with van der Waals surface area (Å²) in [6.45, 7) is 5.54. The van der Waals surface area contributed by atoms with Crippen LogP contribution in [0.15, 0.2) is 0 Å². The second-order valence-corrected chi connectivity index (χ2v) is 5.42. The molecule has 82 valence electrons. The van der Waals surface area contributed by atoms with Gasteiger partial charge in [-0.3, -0.25) is 0 Å². The zero-order valence-electron chi connectivity index (χ0n) is 9.34. The first kappa shape index (κ1) is 10.4. The third kappa shape index (κ3) is 3.25. The Morgan fingerprint density at radius 3 is 2.79 bits per heavy atom. The van der Waals surface area contributed by atoms with Gasteiger partial charge in [0.05, 0.1) is 5.60 Å². The minimum atomic E-state index is -0.395. The van der Waals surface area contributed by atoms with Gasteiger partial charge in [-0.1, -0.05) is 12.8 Å². The predicted molar refractivity (Wildman–Crippen MR) is 58.3 cm³/mol. The van der Waals surface area contributed by atoms with Gasteiger partial charge in [0.25, 0.3) is 0 Å². The summed E-state index contributed by atoms with van der Waals surface area (Å²) in [5, 5.41) is 9.94. The summed E-state index contributed by atoms with van der Waals surface area (Å²) in [4.78, 5) is 2.54. The van der Waals surface area contributed by atoms with E-state index in [1.54, 1.807) is 0 Å². The van der Waals surface area contributed by atoms with Crippen molar-refractivity contribution in [1.29, 1.82) is 0 Å². The largest absolute Gasteiger partial charge is 0.390 e. The molecule has 2 rings (SSSR count). The van der Waals surface area contributed by atoms with Gasteiger partial charge in [0.2, 0.25) is 0 Å². The Hall–Kier alpha value is -0.0800. The minimum absolute atomic E-state index is 0.395. The molecule has 2 aliphatic rings. The Kier molecular flexibility index (Phi) is 3.13. The van der Waals surface area contributed by atoms with E-state index in [1.165, 1.54) is 32.4 Å². The molecule has 1 aliphatic heterocycles. The van der Waals surface area contributed by atoms with E-state index < -0.39 is 5.60 Å². The fraction of sp³-hybridized carbons (Fsp3) is 1.00. The Morgan fingerprint density at radius 2 is 2.07 bits per heavy atom. The van der Waals surface area contributed by atoms with Gasteiger partial charge in [0.15, 0.2) is 0 Å². The normalized spacial score (nSPS) is 35.6. The van der Waals surface area contributed by atoms with Crippen LogP contribution in [-0.4, -0.2) is 35.2 Å². The van der Waals surface area contributed by atoms with Gasteiger partial charge in [-0.05, 0) is 51.6 Å². The van der Waals surface area contributed by atoms with E-state index in [2.05, 4.69) is 4.90 Å². The van der Waals surface area contributed by atoms with Crippen LogP contribution in [0.5, 0.6) is 0 Å². The van der Waals surface area contributed by atoms with Gasteiger partial charge in [0.1, 0.15) is 0 Å². The lowest BCUT2D eigenvalue weighted by Crippen LogP contribution is -2.29. The third-order valence-corrected chi connectivity index (χ3v) is 3.71. The fourth-order valence-electron chi connectivity index (χ4n) is 2.31. The summed E-state index contributed by atoms with van der Waals surface area (Å²) >= 11 is 0. The van der Waals surface area contributed by atoms with E-state index in [1.807, 2.05) is 6.92 Å². The first-order valence-electron chi connectivity index (χ1n) is 6.10. The number of nitrogens with zero attached hydrogens (tertiary/aromatic N) is 1. The first-order chi connectivity index (χ1) is 6.66. The summed E-state index contributed by atoms with van der Waals surface area (Å²) in [6, 6.07) is 0. The summed E-state index contributed by atoms with van der Waals surface area (Å²) in [5.74, 6) is 1.04. The maximum atomic E-state index is 9.94. The molecule has 2 heteroatoms. The molecule has 0 amide bonds. The lowest BCUT2D eigenvalue weighted by atomic mass is 9.98. The van der Waals surface area contributed by atoms with Crippen LogP contribution in [0.1, 0.15) is 45.4 Å². The molecule has 14 heavy (non-hydrogen) atoms. The molecule has 0 bridgehead atoms. The van der Waals surface area contributed by atoms with Crippen molar-refractivity contribution in [2.24, 2.45) is 5.92 Å². The van der Waals surface area contributed by atoms with Gasteiger partial charge in [-0.2, -0.15) is 0 Å². The van der Waals surface area contributed by atoms with Crippen LogP contribution in [0, 0.1) is 5.92 Å². The van der Waals surface area contributed by atoms with Crippen molar-refractivity contribution in [3.05, 3.63) is 0 Å². The second-order valence-electron chi connectivity index (χ2n) is 5.42. The third-order valence-electron chi connectivity index (χ3n) is 3.71. The molecule has 0 aromatic carbocycles. The van der Waals surface area contributed by atoms with Crippen LogP contribution in [0.3, 0.4) is 0 Å². The van der Waals surface area contributed by atoms with Crippen LogP contribution in [0.4, 0.5) is 0 Å². The SMILES string of the molecule is CC1(O)CCCN(CCC2CC2)CC1. The Balaban J connectivity index is 1.71. The second kappa shape index (κ2) is 4.19. The smallest absolute Gasteiger partial charge is 0.0632 e. The van der Waals surface area contributed by atoms with Crippen molar-refractivity contribution < 1.29 is 5.11 Å². The molecule has 1 heterocycles. The highest BCUT2D eigenvalue weighted by Gasteiger charge is 2.26. The number of hydrogen-bond donors (Lipinski definition) is 1. The molecule has 1 N–H and O–H groups in total. The molecule has 1 aliphatic carbocycles. The molecule has 0 aromatic rings. The van der Waals surface area contributed by atoms with Gasteiger partial charge in [-0.15, -0.1) is 0 Å². The van der Waals surface area contributed by atoms with E-state index in [4.69, 9.17) is 0 Å². The van der Waals surface area contributed by atoms with Crippen LogP contribution in [0.25, 0.3) is 0 Å². The molecule has 0 aromatic heterocycles. The van der Waals surface area contributed by atoms with Crippen LogP contribution < -0.4 is 0 Å². The predicted octanol–water partition coefficient (Wildman–Crippen LogP) is 2.02. The van der Waals surface area contributed by atoms with E-state index in [0.717, 1.165) is 31.7 Å². The van der Waals surface area contributed by atoms with Crippen LogP contribution >= 0.6 is 0 Å². The van der Waals surface area contributed by atoms with Crippen molar-refractivity contribution in [1.82, 2.24) is 4.90 Å². The highest BCUT2D eigenvalue weighted by Crippen LogP contribution is 2.32. The monoisotopic (exact) mass is 197 g/mol. The van der Waals surface area contributed by atoms with Gasteiger partial charge >= 0.3 is 0 Å². The molecule has 1 unspecified atom stereocenters. The Labute approximate surface area is 87.3 Å². The standard InChI is InChI=1S/C12H23NO/c1-12(14)6-2-8-13(10-7-12)9-5-11-3-4-11/h11,14H,2-10H2,1H3. The molecule has 2 nitrogen and oxygen atoms in total. The lowest BCUT2D eigenvalue weighted by Gasteiger charge is -2.22. The summed E-state index contributed by atoms with van der Waals surface area (Å²) in [7, 11) is 0. The van der Waals surface area contributed by atoms with Gasteiger partial charge < -0.3 is 10.0 Å². The van der Waals surface area contributed by atoms with Crippen molar-refractivity contribution in [2.75, 3.05) is 19.6 Å². The van der Waals surface area contributed by atoms with Crippen molar-refractivity contribution in [3.8, 4) is 0 Å². The highest BCUT2D eigenvalue weighted by molar-refractivity contribution is 4.80. The molecule has 0 radical (unpaired) electrons. The number of rotatable bonds is 3. The average molecular weight is 197 g/mol. The van der Waals surface area contributed by atoms with Crippen molar-refractivity contribution in [3.63, 3.8) is 0 Å². The van der Waals surface area contributed by atoms with Crippen LogP contribution in [-0.2, 0) is 0 Å².